The average Bonchev–Trinajstić information content (AvgIpc) is 3.17. The number of ether oxygens (including phenoxy) is 1. The minimum atomic E-state index is -0.104. The smallest absolute Gasteiger partial charge is 0.306 e. The van der Waals surface area contributed by atoms with E-state index < -0.39 is 0 Å². The molecule has 0 unspecified atom stereocenters. The molecule has 0 saturated heterocycles. The number of esters is 1. The lowest BCUT2D eigenvalue weighted by Crippen LogP contribution is -2.13. The second kappa shape index (κ2) is 6.43. The minimum Gasteiger partial charge on any atom is -0.469 e. The highest BCUT2D eigenvalue weighted by Gasteiger charge is 2.44. The summed E-state index contributed by atoms with van der Waals surface area (Å²) in [6.45, 7) is 1.97. The van der Waals surface area contributed by atoms with Crippen LogP contribution in [0.5, 0.6) is 0 Å². The summed E-state index contributed by atoms with van der Waals surface area (Å²) < 4.78 is 4.76. The van der Waals surface area contributed by atoms with Crippen LogP contribution in [-0.2, 0) is 15.3 Å². The van der Waals surface area contributed by atoms with E-state index in [4.69, 9.17) is 4.74 Å². The number of nitrogens with one attached hydrogen (secondary N) is 1. The maximum Gasteiger partial charge on any atom is 0.306 e. The molecule has 1 heterocycles. The van der Waals surface area contributed by atoms with Crippen molar-refractivity contribution in [2.75, 3.05) is 25.2 Å². The molecule has 1 aliphatic rings. The lowest BCUT2D eigenvalue weighted by molar-refractivity contribution is -0.141. The third kappa shape index (κ3) is 4.10. The van der Waals surface area contributed by atoms with Gasteiger partial charge in [0.05, 0.1) is 19.3 Å². The lowest BCUT2D eigenvalue weighted by Gasteiger charge is -2.13. The molecular weight excluding hydrogens is 274 g/mol. The van der Waals surface area contributed by atoms with Crippen molar-refractivity contribution in [2.45, 2.75) is 31.9 Å². The predicted molar refractivity (Wildman–Crippen MR) is 80.8 cm³/mol. The standard InChI is InChI=1S/C14H21N3O2S/c1-10-6-11(15-2)17-12(16-10)8-20-9-14(4-5-14)7-13(18)19-3/h6H,4-5,7-9H2,1-3H3,(H,15,16,17). The Morgan fingerprint density at radius 1 is 1.50 bits per heavy atom. The van der Waals surface area contributed by atoms with Gasteiger partial charge >= 0.3 is 5.97 Å². The first kappa shape index (κ1) is 15.1. The molecule has 2 rings (SSSR count). The van der Waals surface area contributed by atoms with Crippen LogP contribution in [0.3, 0.4) is 0 Å². The van der Waals surface area contributed by atoms with E-state index in [1.54, 1.807) is 11.8 Å². The highest BCUT2D eigenvalue weighted by Crippen LogP contribution is 2.51. The quantitative estimate of drug-likeness (QED) is 0.779. The van der Waals surface area contributed by atoms with Gasteiger partial charge < -0.3 is 10.1 Å². The molecule has 0 atom stereocenters. The highest BCUT2D eigenvalue weighted by atomic mass is 32.2. The van der Waals surface area contributed by atoms with Crippen molar-refractivity contribution in [1.82, 2.24) is 9.97 Å². The van der Waals surface area contributed by atoms with Crippen LogP contribution in [0.15, 0.2) is 6.07 Å². The Labute approximate surface area is 123 Å². The van der Waals surface area contributed by atoms with E-state index in [-0.39, 0.29) is 11.4 Å². The fraction of sp³-hybridized carbons (Fsp3) is 0.643. The third-order valence-electron chi connectivity index (χ3n) is 3.50. The summed E-state index contributed by atoms with van der Waals surface area (Å²) in [6, 6.07) is 1.92. The summed E-state index contributed by atoms with van der Waals surface area (Å²) in [5.74, 6) is 3.33. The van der Waals surface area contributed by atoms with E-state index in [1.807, 2.05) is 20.0 Å². The van der Waals surface area contributed by atoms with Gasteiger partial charge in [0.15, 0.2) is 0 Å². The van der Waals surface area contributed by atoms with Crippen LogP contribution in [0, 0.1) is 12.3 Å². The van der Waals surface area contributed by atoms with Gasteiger partial charge in [0.25, 0.3) is 0 Å². The summed E-state index contributed by atoms with van der Waals surface area (Å²) in [5, 5.41) is 3.04. The molecule has 6 heteroatoms. The Morgan fingerprint density at radius 2 is 2.25 bits per heavy atom. The van der Waals surface area contributed by atoms with E-state index in [0.29, 0.717) is 6.42 Å². The third-order valence-corrected chi connectivity index (χ3v) is 4.78. The SMILES string of the molecule is CNc1cc(C)nc(CSCC2(CC(=O)OC)CC2)n1. The number of rotatable bonds is 7. The van der Waals surface area contributed by atoms with Crippen LogP contribution in [0.4, 0.5) is 5.82 Å². The van der Waals surface area contributed by atoms with Crippen LogP contribution < -0.4 is 5.32 Å². The molecule has 1 fully saturated rings. The zero-order valence-corrected chi connectivity index (χ0v) is 13.0. The number of anilines is 1. The van der Waals surface area contributed by atoms with Gasteiger partial charge in [-0.25, -0.2) is 9.97 Å². The van der Waals surface area contributed by atoms with Crippen molar-refractivity contribution in [3.8, 4) is 0 Å². The summed E-state index contributed by atoms with van der Waals surface area (Å²) in [7, 11) is 3.31. The summed E-state index contributed by atoms with van der Waals surface area (Å²) >= 11 is 1.80. The number of nitrogens with zero attached hydrogens (tertiary/aromatic N) is 2. The second-order valence-corrected chi connectivity index (χ2v) is 6.29. The molecule has 20 heavy (non-hydrogen) atoms. The molecule has 1 aromatic heterocycles. The number of hydrogen-bond donors (Lipinski definition) is 1. The molecule has 0 spiro atoms. The Morgan fingerprint density at radius 3 is 2.85 bits per heavy atom. The molecular formula is C14H21N3O2S. The number of thioether (sulfide) groups is 1. The molecule has 0 aromatic carbocycles. The minimum absolute atomic E-state index is 0.104. The van der Waals surface area contributed by atoms with Crippen molar-refractivity contribution < 1.29 is 9.53 Å². The summed E-state index contributed by atoms with van der Waals surface area (Å²) in [5.41, 5.74) is 1.13. The Kier molecular flexibility index (Phi) is 4.86. The normalized spacial score (nSPS) is 15.8. The lowest BCUT2D eigenvalue weighted by atomic mass is 10.1. The van der Waals surface area contributed by atoms with Gasteiger partial charge in [-0.2, -0.15) is 11.8 Å². The molecule has 1 saturated carbocycles. The zero-order valence-electron chi connectivity index (χ0n) is 12.2. The number of carbonyl (C=O) groups is 1. The molecule has 1 aromatic rings. The monoisotopic (exact) mass is 295 g/mol. The summed E-state index contributed by atoms with van der Waals surface area (Å²) in [6.07, 6.45) is 2.77. The number of aryl methyl sites for hydroxylation is 1. The van der Waals surface area contributed by atoms with E-state index in [2.05, 4.69) is 15.3 Å². The largest absolute Gasteiger partial charge is 0.469 e. The van der Waals surface area contributed by atoms with Crippen molar-refractivity contribution in [3.05, 3.63) is 17.6 Å². The first-order valence-corrected chi connectivity index (χ1v) is 7.89. The fourth-order valence-electron chi connectivity index (χ4n) is 2.11. The molecule has 1 N–H and O–H groups in total. The van der Waals surface area contributed by atoms with Crippen molar-refractivity contribution in [2.24, 2.45) is 5.41 Å². The zero-order chi connectivity index (χ0) is 14.6. The highest BCUT2D eigenvalue weighted by molar-refractivity contribution is 7.98. The van der Waals surface area contributed by atoms with Crippen LogP contribution in [0.2, 0.25) is 0 Å². The number of aromatic nitrogens is 2. The van der Waals surface area contributed by atoms with Gasteiger partial charge in [0.1, 0.15) is 11.6 Å². The van der Waals surface area contributed by atoms with Crippen molar-refractivity contribution in [1.29, 1.82) is 0 Å². The van der Waals surface area contributed by atoms with Gasteiger partial charge in [-0.3, -0.25) is 4.79 Å². The van der Waals surface area contributed by atoms with Gasteiger partial charge in [-0.1, -0.05) is 0 Å². The molecule has 0 radical (unpaired) electrons. The van der Waals surface area contributed by atoms with E-state index in [0.717, 1.165) is 41.7 Å². The first-order chi connectivity index (χ1) is 9.57. The number of methoxy groups -OCH3 is 1. The first-order valence-electron chi connectivity index (χ1n) is 6.74. The van der Waals surface area contributed by atoms with Crippen molar-refractivity contribution in [3.63, 3.8) is 0 Å². The van der Waals surface area contributed by atoms with E-state index in [1.165, 1.54) is 7.11 Å². The number of hydrogen-bond acceptors (Lipinski definition) is 6. The van der Waals surface area contributed by atoms with Crippen LogP contribution in [0.25, 0.3) is 0 Å². The molecule has 0 bridgehead atoms. The maximum atomic E-state index is 11.4. The van der Waals surface area contributed by atoms with Crippen molar-refractivity contribution >= 4 is 23.5 Å². The Hall–Kier alpha value is -1.30. The molecule has 5 nitrogen and oxygen atoms in total. The van der Waals surface area contributed by atoms with Gasteiger partial charge in [0.2, 0.25) is 0 Å². The predicted octanol–water partition coefficient (Wildman–Crippen LogP) is 2.40. The molecule has 0 amide bonds. The van der Waals surface area contributed by atoms with Crippen LogP contribution in [-0.4, -0.2) is 35.8 Å². The van der Waals surface area contributed by atoms with E-state index in [9.17, 15) is 4.79 Å². The molecule has 110 valence electrons. The Balaban J connectivity index is 1.84. The Bertz CT molecular complexity index is 489. The van der Waals surface area contributed by atoms with Crippen LogP contribution in [0.1, 0.15) is 30.8 Å². The van der Waals surface area contributed by atoms with Gasteiger partial charge in [-0.05, 0) is 30.9 Å². The second-order valence-electron chi connectivity index (χ2n) is 5.31. The molecule has 1 aliphatic carbocycles. The maximum absolute atomic E-state index is 11.4. The van der Waals surface area contributed by atoms with E-state index >= 15 is 0 Å². The summed E-state index contributed by atoms with van der Waals surface area (Å²) in [4.78, 5) is 20.2. The topological polar surface area (TPSA) is 64.1 Å². The fourth-order valence-corrected chi connectivity index (χ4v) is 3.35. The molecule has 0 aliphatic heterocycles. The van der Waals surface area contributed by atoms with Gasteiger partial charge in [-0.15, -0.1) is 0 Å². The number of carbonyl (C=O) groups excluding carboxylic acids is 1. The van der Waals surface area contributed by atoms with Gasteiger partial charge in [0, 0.05) is 18.8 Å². The average molecular weight is 295 g/mol. The van der Waals surface area contributed by atoms with Crippen LogP contribution >= 0.6 is 11.8 Å².